The number of hydrogen-bond acceptors (Lipinski definition) is 3. The smallest absolute Gasteiger partial charge is 0.354 e. The molecular formula is C14H11N2OSi. The van der Waals surface area contributed by atoms with Crippen LogP contribution < -0.4 is 10.4 Å². The summed E-state index contributed by atoms with van der Waals surface area (Å²) in [5, 5.41) is 9.95. The minimum atomic E-state index is -1.28. The van der Waals surface area contributed by atoms with E-state index in [2.05, 4.69) is 34.5 Å². The Hall–Kier alpha value is -2.20. The standard InChI is InChI=1S/C14H11N2OSi/c1-3-7-12(8-4-1)18(17-14-11-15-16-14)13-9-5-2-6-10-13/h1-11H. The predicted octanol–water partition coefficient (Wildman–Crippen LogP) is 1.21. The Morgan fingerprint density at radius 3 is 1.67 bits per heavy atom. The summed E-state index contributed by atoms with van der Waals surface area (Å²) in [6.07, 6.45) is 1.65. The third-order valence-electron chi connectivity index (χ3n) is 2.60. The molecule has 3 rings (SSSR count). The molecule has 4 heteroatoms. The maximum Gasteiger partial charge on any atom is 0.354 e. The lowest BCUT2D eigenvalue weighted by Gasteiger charge is -2.17. The molecule has 0 saturated carbocycles. The van der Waals surface area contributed by atoms with Gasteiger partial charge in [0.15, 0.2) is 0 Å². The summed E-state index contributed by atoms with van der Waals surface area (Å²) in [6, 6.07) is 20.5. The molecule has 87 valence electrons. The van der Waals surface area contributed by atoms with Crippen molar-refractivity contribution in [2.45, 2.75) is 0 Å². The van der Waals surface area contributed by atoms with Crippen LogP contribution in [0, 0.1) is 0 Å². The monoisotopic (exact) mass is 251 g/mol. The van der Waals surface area contributed by atoms with Gasteiger partial charge in [-0.05, 0) is 10.4 Å². The summed E-state index contributed by atoms with van der Waals surface area (Å²) in [6.45, 7) is 0. The van der Waals surface area contributed by atoms with Gasteiger partial charge in [0.2, 0.25) is 5.90 Å². The molecule has 1 aliphatic heterocycles. The zero-order valence-electron chi connectivity index (χ0n) is 9.65. The second-order valence-electron chi connectivity index (χ2n) is 3.85. The highest BCUT2D eigenvalue weighted by molar-refractivity contribution is 6.81. The lowest BCUT2D eigenvalue weighted by Crippen LogP contribution is -2.47. The fraction of sp³-hybridized carbons (Fsp3) is 0. The van der Waals surface area contributed by atoms with E-state index in [0.29, 0.717) is 5.90 Å². The van der Waals surface area contributed by atoms with Crippen molar-refractivity contribution in [2.75, 3.05) is 0 Å². The molecule has 2 aromatic rings. The van der Waals surface area contributed by atoms with E-state index in [9.17, 15) is 0 Å². The van der Waals surface area contributed by atoms with Crippen LogP contribution in [0.25, 0.3) is 0 Å². The first kappa shape index (κ1) is 10.9. The Morgan fingerprint density at radius 2 is 1.28 bits per heavy atom. The van der Waals surface area contributed by atoms with Gasteiger partial charge in [0, 0.05) is 0 Å². The second kappa shape index (κ2) is 4.97. The molecule has 2 aromatic carbocycles. The van der Waals surface area contributed by atoms with E-state index in [1.807, 2.05) is 36.4 Å². The Bertz CT molecular complexity index is 542. The van der Waals surface area contributed by atoms with Crippen LogP contribution in [0.15, 0.2) is 70.9 Å². The molecule has 1 heterocycles. The van der Waals surface area contributed by atoms with Crippen LogP contribution in [0.5, 0.6) is 0 Å². The molecule has 0 fully saturated rings. The van der Waals surface area contributed by atoms with Crippen LogP contribution >= 0.6 is 0 Å². The molecule has 0 aliphatic carbocycles. The van der Waals surface area contributed by atoms with E-state index in [1.54, 1.807) is 6.21 Å². The molecule has 18 heavy (non-hydrogen) atoms. The normalized spacial score (nSPS) is 13.1. The molecule has 0 bridgehead atoms. The van der Waals surface area contributed by atoms with Gasteiger partial charge in [-0.25, -0.2) is 0 Å². The van der Waals surface area contributed by atoms with Crippen LogP contribution in [0.3, 0.4) is 0 Å². The molecule has 1 radical (unpaired) electrons. The largest absolute Gasteiger partial charge is 0.517 e. The molecule has 3 nitrogen and oxygen atoms in total. The summed E-state index contributed by atoms with van der Waals surface area (Å²) in [5.41, 5.74) is 0. The maximum atomic E-state index is 5.96. The first-order chi connectivity index (χ1) is 8.93. The molecule has 0 unspecified atom stereocenters. The van der Waals surface area contributed by atoms with Gasteiger partial charge in [0.05, 0.1) is 0 Å². The molecule has 0 N–H and O–H groups in total. The minimum absolute atomic E-state index is 0.622. The van der Waals surface area contributed by atoms with Crippen LogP contribution in [-0.2, 0) is 4.43 Å². The van der Waals surface area contributed by atoms with Gasteiger partial charge in [0.25, 0.3) is 0 Å². The Kier molecular flexibility index (Phi) is 3.02. The topological polar surface area (TPSA) is 34.0 Å². The SMILES string of the molecule is C1=NN=C1O[Si](c1ccccc1)c1ccccc1. The molecule has 0 aromatic heterocycles. The molecule has 0 spiro atoms. The van der Waals surface area contributed by atoms with Crippen molar-refractivity contribution in [3.63, 3.8) is 0 Å². The molecule has 0 amide bonds. The number of hydrogen-bond donors (Lipinski definition) is 0. The zero-order valence-corrected chi connectivity index (χ0v) is 10.7. The second-order valence-corrected chi connectivity index (χ2v) is 5.86. The lowest BCUT2D eigenvalue weighted by atomic mass is 10.4. The van der Waals surface area contributed by atoms with Crippen molar-refractivity contribution in [2.24, 2.45) is 10.2 Å². The van der Waals surface area contributed by atoms with Gasteiger partial charge in [-0.1, -0.05) is 60.7 Å². The van der Waals surface area contributed by atoms with Crippen LogP contribution in [-0.4, -0.2) is 21.2 Å². The van der Waals surface area contributed by atoms with Crippen molar-refractivity contribution >= 4 is 31.5 Å². The third-order valence-corrected chi connectivity index (χ3v) is 4.73. The average molecular weight is 251 g/mol. The van der Waals surface area contributed by atoms with E-state index in [-0.39, 0.29) is 0 Å². The summed E-state index contributed by atoms with van der Waals surface area (Å²) >= 11 is 0. The fourth-order valence-electron chi connectivity index (χ4n) is 1.72. The first-order valence-electron chi connectivity index (χ1n) is 5.70. The van der Waals surface area contributed by atoms with Crippen LogP contribution in [0.1, 0.15) is 0 Å². The van der Waals surface area contributed by atoms with Gasteiger partial charge >= 0.3 is 9.04 Å². The van der Waals surface area contributed by atoms with E-state index in [4.69, 9.17) is 4.43 Å². The summed E-state index contributed by atoms with van der Waals surface area (Å²) < 4.78 is 5.96. The fourth-order valence-corrected chi connectivity index (χ4v) is 3.58. The summed E-state index contributed by atoms with van der Waals surface area (Å²) in [4.78, 5) is 0. The van der Waals surface area contributed by atoms with E-state index in [1.165, 1.54) is 10.4 Å². The average Bonchev–Trinajstić information content (AvgIpc) is 2.40. The quantitative estimate of drug-likeness (QED) is 0.755. The minimum Gasteiger partial charge on any atom is -0.517 e. The molecular weight excluding hydrogens is 240 g/mol. The van der Waals surface area contributed by atoms with E-state index in [0.717, 1.165) is 0 Å². The third kappa shape index (κ3) is 2.23. The van der Waals surface area contributed by atoms with Crippen LogP contribution in [0.2, 0.25) is 0 Å². The number of nitrogens with zero attached hydrogens (tertiary/aromatic N) is 2. The van der Waals surface area contributed by atoms with E-state index < -0.39 is 9.04 Å². The Morgan fingerprint density at radius 1 is 0.778 bits per heavy atom. The van der Waals surface area contributed by atoms with Crippen molar-refractivity contribution in [1.82, 2.24) is 0 Å². The summed E-state index contributed by atoms with van der Waals surface area (Å²) in [7, 11) is -1.28. The van der Waals surface area contributed by atoms with Gasteiger partial charge < -0.3 is 4.43 Å². The van der Waals surface area contributed by atoms with Gasteiger partial charge in [-0.2, -0.15) is 0 Å². The summed E-state index contributed by atoms with van der Waals surface area (Å²) in [5.74, 6) is 0.622. The first-order valence-corrected chi connectivity index (χ1v) is 7.11. The predicted molar refractivity (Wildman–Crippen MR) is 74.9 cm³/mol. The Balaban J connectivity index is 1.93. The number of benzene rings is 2. The van der Waals surface area contributed by atoms with Crippen molar-refractivity contribution < 1.29 is 4.43 Å². The highest BCUT2D eigenvalue weighted by Crippen LogP contribution is 1.99. The zero-order chi connectivity index (χ0) is 12.2. The lowest BCUT2D eigenvalue weighted by molar-refractivity contribution is 0.590. The van der Waals surface area contributed by atoms with Gasteiger partial charge in [0.1, 0.15) is 6.21 Å². The maximum absolute atomic E-state index is 5.96. The van der Waals surface area contributed by atoms with E-state index >= 15 is 0 Å². The van der Waals surface area contributed by atoms with Crippen molar-refractivity contribution in [1.29, 1.82) is 0 Å². The number of rotatable bonds is 3. The van der Waals surface area contributed by atoms with Gasteiger partial charge in [-0.3, -0.25) is 0 Å². The molecule has 0 atom stereocenters. The highest BCUT2D eigenvalue weighted by atomic mass is 28.3. The molecule has 1 aliphatic rings. The Labute approximate surface area is 107 Å². The van der Waals surface area contributed by atoms with Crippen molar-refractivity contribution in [3.8, 4) is 0 Å². The highest BCUT2D eigenvalue weighted by Gasteiger charge is 2.23. The molecule has 0 saturated heterocycles. The van der Waals surface area contributed by atoms with Crippen LogP contribution in [0.4, 0.5) is 0 Å². The van der Waals surface area contributed by atoms with Gasteiger partial charge in [-0.15, -0.1) is 10.2 Å². The van der Waals surface area contributed by atoms with Crippen molar-refractivity contribution in [3.05, 3.63) is 60.7 Å².